The van der Waals surface area contributed by atoms with E-state index in [1.807, 2.05) is 0 Å². The molecule has 1 N–H and O–H groups in total. The van der Waals surface area contributed by atoms with Crippen LogP contribution in [0.5, 0.6) is 0 Å². The first-order valence-electron chi connectivity index (χ1n) is 7.65. The van der Waals surface area contributed by atoms with E-state index in [1.165, 1.54) is 4.00 Å². The van der Waals surface area contributed by atoms with Crippen LogP contribution in [0.25, 0.3) is 0 Å². The molecule has 1 aromatic heterocycles. The van der Waals surface area contributed by atoms with Crippen molar-refractivity contribution in [3.05, 3.63) is 40.4 Å². The van der Waals surface area contributed by atoms with E-state index in [0.717, 1.165) is 6.42 Å². The van der Waals surface area contributed by atoms with Crippen LogP contribution in [0.3, 0.4) is 0 Å². The fourth-order valence-electron chi connectivity index (χ4n) is 3.70. The van der Waals surface area contributed by atoms with E-state index in [-0.39, 0.29) is 24.8 Å². The number of H-pyrrole nitrogens is 1. The van der Waals surface area contributed by atoms with Crippen LogP contribution in [0.2, 0.25) is 39.2 Å². The molecule has 0 unspecified atom stereocenters. The molecule has 0 amide bonds. The summed E-state index contributed by atoms with van der Waals surface area (Å²) in [4.78, 5) is 3.64. The van der Waals surface area contributed by atoms with Gasteiger partial charge in [0.25, 0.3) is 0 Å². The number of hydrogen-bond donors (Lipinski definition) is 1. The second-order valence-corrected chi connectivity index (χ2v) is 66.0. The van der Waals surface area contributed by atoms with Crippen molar-refractivity contribution in [2.45, 2.75) is 45.7 Å². The molecule has 0 aromatic carbocycles. The van der Waals surface area contributed by atoms with E-state index >= 15 is 0 Å². The molecule has 2 rings (SSSR count). The maximum absolute atomic E-state index is 4.38. The molecule has 0 saturated heterocycles. The monoisotopic (exact) mass is 385 g/mol. The maximum Gasteiger partial charge on any atom is -0.147 e. The molecule has 1 aliphatic rings. The van der Waals surface area contributed by atoms with Crippen LogP contribution in [0.4, 0.5) is 0 Å². The van der Waals surface area contributed by atoms with Gasteiger partial charge in [0.1, 0.15) is 0 Å². The molecule has 0 spiro atoms. The van der Waals surface area contributed by atoms with Crippen LogP contribution < -0.4 is 4.00 Å². The molecule has 0 radical (unpaired) electrons. The first kappa shape index (κ1) is 21.3. The van der Waals surface area contributed by atoms with Crippen LogP contribution in [-0.2, 0) is 10.7 Å². The van der Waals surface area contributed by atoms with E-state index < -0.39 is 17.4 Å². The molecule has 5 heteroatoms. The molecule has 0 fully saturated rings. The van der Waals surface area contributed by atoms with Gasteiger partial charge < -0.3 is 0 Å². The fraction of sp³-hybridized carbons (Fsp3) is 0.500. The third kappa shape index (κ3) is 2.14. The summed E-state index contributed by atoms with van der Waals surface area (Å²) >= 11 is 0. The van der Waals surface area contributed by atoms with Crippen molar-refractivity contribution in [3.63, 3.8) is 0 Å². The smallest absolute Gasteiger partial charge is 0.147 e. The van der Waals surface area contributed by atoms with Crippen LogP contribution >= 0.6 is 24.8 Å². The number of aromatic amines is 1. The largest absolute Gasteiger partial charge is 0.147 e. The molecule has 21 heavy (non-hydrogen) atoms. The Morgan fingerprint density at radius 3 is 1.95 bits per heavy atom. The van der Waals surface area contributed by atoms with Gasteiger partial charge >= 0.3 is 112 Å². The number of rotatable bonds is 3. The van der Waals surface area contributed by atoms with Crippen molar-refractivity contribution in [2.75, 3.05) is 0 Å². The van der Waals surface area contributed by atoms with E-state index in [1.54, 1.807) is 3.88 Å². The zero-order valence-electron chi connectivity index (χ0n) is 14.6. The van der Waals surface area contributed by atoms with Crippen LogP contribution in [0.1, 0.15) is 6.42 Å². The Kier molecular flexibility index (Phi) is 3.72. The van der Waals surface area contributed by atoms with Gasteiger partial charge in [0.05, 0.1) is 0 Å². The Bertz CT molecular complexity index is 646. The van der Waals surface area contributed by atoms with Crippen LogP contribution in [0, 0.1) is 0 Å². The average Bonchev–Trinajstić information content (AvgIpc) is 2.92. The third-order valence-electron chi connectivity index (χ3n) is 8.42. The van der Waals surface area contributed by atoms with Gasteiger partial charge in [-0.25, -0.2) is 0 Å². The summed E-state index contributed by atoms with van der Waals surface area (Å²) in [5.41, 5.74) is 0. The Morgan fingerprint density at radius 2 is 1.62 bits per heavy atom. The van der Waals surface area contributed by atoms with Crippen molar-refractivity contribution in [2.24, 2.45) is 0 Å². The van der Waals surface area contributed by atoms with Gasteiger partial charge in [-0.3, -0.25) is 0 Å². The van der Waals surface area contributed by atoms with Gasteiger partial charge in [0, 0.05) is 0 Å². The van der Waals surface area contributed by atoms with Gasteiger partial charge in [-0.1, -0.05) is 0 Å². The van der Waals surface area contributed by atoms with E-state index in [0.29, 0.717) is 0 Å². The number of nitrogens with one attached hydrogen (secondary N) is 1. The number of hydrogen-bond acceptors (Lipinski definition) is 0. The minimum absolute atomic E-state index is 0. The molecule has 1 aromatic rings. The molecular formula is C16H33Cl2NSiTi. The first-order valence-corrected chi connectivity index (χ1v) is 22.6. The Hall–Kier alpha value is 0.271. The maximum atomic E-state index is 3.64. The normalized spacial score (nSPS) is 22.0. The summed E-state index contributed by atoms with van der Waals surface area (Å²) in [6.07, 6.45) is 10.2. The third-order valence-corrected chi connectivity index (χ3v) is 62.9. The van der Waals surface area contributed by atoms with Crippen LogP contribution in [-0.4, -0.2) is 11.6 Å². The number of aromatic nitrogens is 1. The van der Waals surface area contributed by atoms with Gasteiger partial charge in [-0.15, -0.1) is 24.8 Å². The van der Waals surface area contributed by atoms with Crippen molar-refractivity contribution >= 4 is 35.5 Å². The molecule has 1 nitrogen and oxygen atoms in total. The van der Waals surface area contributed by atoms with Gasteiger partial charge in [0.2, 0.25) is 0 Å². The zero-order valence-corrected chi connectivity index (χ0v) is 18.9. The predicted octanol–water partition coefficient (Wildman–Crippen LogP) is 5.85. The molecule has 0 aliphatic heterocycles. The summed E-state index contributed by atoms with van der Waals surface area (Å²) < 4.78 is 3.17. The molecule has 1 aliphatic carbocycles. The quantitative estimate of drug-likeness (QED) is 0.628. The molecule has 0 atom stereocenters. The van der Waals surface area contributed by atoms with Crippen molar-refractivity contribution in [3.8, 4) is 0 Å². The first-order chi connectivity index (χ1) is 8.17. The average molecular weight is 386 g/mol. The van der Waals surface area contributed by atoms with E-state index in [4.69, 9.17) is 0 Å². The second kappa shape index (κ2) is 3.67. The molecule has 0 bridgehead atoms. The van der Waals surface area contributed by atoms with Crippen molar-refractivity contribution in [1.82, 2.24) is 4.98 Å². The van der Waals surface area contributed by atoms with Crippen molar-refractivity contribution in [1.29, 1.82) is 0 Å². The Labute approximate surface area is 136 Å². The Balaban J connectivity index is 0.00000200. The SMILES string of the molecule is C[SiH](C)[Ti]([CH3])([CH3])([CH3])([CH3])([CH3])([C]1=CC=CC1)[c]1ccc[nH]1.Cl.Cl. The fourth-order valence-corrected chi connectivity index (χ4v) is 20.7. The number of allylic oxidation sites excluding steroid dienone is 4. The Morgan fingerprint density at radius 1 is 1.05 bits per heavy atom. The van der Waals surface area contributed by atoms with E-state index in [9.17, 15) is 0 Å². The van der Waals surface area contributed by atoms with Crippen molar-refractivity contribution < 1.29 is 10.7 Å². The summed E-state index contributed by atoms with van der Waals surface area (Å²) in [6.45, 7) is 4.00. The minimum Gasteiger partial charge on any atom is -0.147 e. The zero-order chi connectivity index (χ0) is 14.7. The second-order valence-electron chi connectivity index (χ2n) is 12.9. The molecular weight excluding hydrogens is 353 g/mol. The summed E-state index contributed by atoms with van der Waals surface area (Å²) in [5.74, 6) is 0. The topological polar surface area (TPSA) is 15.8 Å². The summed E-state index contributed by atoms with van der Waals surface area (Å²) in [5, 5.41) is 13.2. The minimum atomic E-state index is -4.38. The summed E-state index contributed by atoms with van der Waals surface area (Å²) in [7, 11) is -4.38. The molecule has 124 valence electrons. The standard InChI is InChI=1S/C5H5.C4H4N.C2H7Si.5CH3.2ClH.Ti/c2*1-2-4-5-3-1;1-3-2;;;;;;;;/h1-3H,4H2;1-3,5H;3H,1-2H3;5*1H3;2*1H;. The summed E-state index contributed by atoms with van der Waals surface area (Å²) in [6, 6.07) is 4.51. The van der Waals surface area contributed by atoms with Gasteiger partial charge in [-0.2, -0.15) is 0 Å². The predicted molar refractivity (Wildman–Crippen MR) is 105 cm³/mol. The van der Waals surface area contributed by atoms with E-state index in [2.05, 4.69) is 80.8 Å². The van der Waals surface area contributed by atoms with Gasteiger partial charge in [0.15, 0.2) is 0 Å². The molecule has 1 heterocycles. The van der Waals surface area contributed by atoms with Gasteiger partial charge in [-0.05, 0) is 0 Å². The van der Waals surface area contributed by atoms with Crippen LogP contribution in [0.15, 0.2) is 40.4 Å². The molecule has 0 saturated carbocycles. The number of halogens is 2.